The smallest absolute Gasteiger partial charge is 0.337 e. The Hall–Kier alpha value is -2.53. The molecule has 0 heterocycles. The highest BCUT2D eigenvalue weighted by atomic mass is 35.5. The summed E-state index contributed by atoms with van der Waals surface area (Å²) in [5.74, 6) is -0.306. The van der Waals surface area contributed by atoms with Crippen LogP contribution in [0.25, 0.3) is 0 Å². The van der Waals surface area contributed by atoms with Gasteiger partial charge in [0.1, 0.15) is 5.75 Å². The normalized spacial score (nSPS) is 9.91. The van der Waals surface area contributed by atoms with E-state index in [0.717, 1.165) is 0 Å². The molecule has 22 heavy (non-hydrogen) atoms. The van der Waals surface area contributed by atoms with Crippen LogP contribution in [0.15, 0.2) is 48.5 Å². The molecular weight excluding hydrogens is 306 g/mol. The van der Waals surface area contributed by atoms with Crippen molar-refractivity contribution in [3.8, 4) is 5.75 Å². The van der Waals surface area contributed by atoms with E-state index in [1.54, 1.807) is 42.5 Å². The van der Waals surface area contributed by atoms with Gasteiger partial charge >= 0.3 is 5.97 Å². The molecule has 6 heteroatoms. The SMILES string of the molecule is COC(=O)c1cccc(NC(=O)COc2cccc(Cl)c2)c1. The minimum atomic E-state index is -0.466. The number of benzene rings is 2. The zero-order chi connectivity index (χ0) is 15.9. The third-order valence-corrected chi connectivity index (χ3v) is 2.97. The summed E-state index contributed by atoms with van der Waals surface area (Å²) in [5.41, 5.74) is 0.846. The lowest BCUT2D eigenvalue weighted by Crippen LogP contribution is -2.20. The number of esters is 1. The van der Waals surface area contributed by atoms with Gasteiger partial charge in [-0.2, -0.15) is 0 Å². The van der Waals surface area contributed by atoms with Gasteiger partial charge in [-0.15, -0.1) is 0 Å². The van der Waals surface area contributed by atoms with Gasteiger partial charge < -0.3 is 14.8 Å². The second-order valence-electron chi connectivity index (χ2n) is 4.37. The summed E-state index contributed by atoms with van der Waals surface area (Å²) in [6, 6.07) is 13.2. The van der Waals surface area contributed by atoms with E-state index in [2.05, 4.69) is 10.1 Å². The Bertz CT molecular complexity index is 687. The molecule has 2 rings (SSSR count). The van der Waals surface area contributed by atoms with Crippen LogP contribution in [-0.2, 0) is 9.53 Å². The minimum Gasteiger partial charge on any atom is -0.484 e. The number of hydrogen-bond acceptors (Lipinski definition) is 4. The Labute approximate surface area is 132 Å². The van der Waals surface area contributed by atoms with Crippen molar-refractivity contribution in [2.75, 3.05) is 19.0 Å². The van der Waals surface area contributed by atoms with Crippen LogP contribution in [0.3, 0.4) is 0 Å². The maximum Gasteiger partial charge on any atom is 0.337 e. The minimum absolute atomic E-state index is 0.164. The molecule has 0 unspecified atom stereocenters. The molecule has 0 saturated heterocycles. The van der Waals surface area contributed by atoms with E-state index < -0.39 is 5.97 Å². The molecule has 0 aliphatic carbocycles. The van der Waals surface area contributed by atoms with Crippen LogP contribution in [0.5, 0.6) is 5.75 Å². The van der Waals surface area contributed by atoms with E-state index in [0.29, 0.717) is 22.0 Å². The van der Waals surface area contributed by atoms with E-state index in [4.69, 9.17) is 16.3 Å². The quantitative estimate of drug-likeness (QED) is 0.860. The number of carbonyl (C=O) groups excluding carboxylic acids is 2. The number of ether oxygens (including phenoxy) is 2. The summed E-state index contributed by atoms with van der Waals surface area (Å²) >= 11 is 5.83. The molecule has 0 radical (unpaired) electrons. The van der Waals surface area contributed by atoms with Crippen LogP contribution in [0.1, 0.15) is 10.4 Å². The third-order valence-electron chi connectivity index (χ3n) is 2.73. The van der Waals surface area contributed by atoms with Gasteiger partial charge in [-0.1, -0.05) is 23.7 Å². The van der Waals surface area contributed by atoms with Gasteiger partial charge in [0.2, 0.25) is 0 Å². The van der Waals surface area contributed by atoms with Gasteiger partial charge in [0.25, 0.3) is 5.91 Å². The molecular formula is C16H14ClNO4. The van der Waals surface area contributed by atoms with Crippen molar-refractivity contribution < 1.29 is 19.1 Å². The van der Waals surface area contributed by atoms with Crippen molar-refractivity contribution in [2.24, 2.45) is 0 Å². The standard InChI is InChI=1S/C16H14ClNO4/c1-21-16(20)11-4-2-6-13(8-11)18-15(19)10-22-14-7-3-5-12(17)9-14/h2-9H,10H2,1H3,(H,18,19). The van der Waals surface area contributed by atoms with E-state index in [9.17, 15) is 9.59 Å². The Morgan fingerprint density at radius 1 is 1.14 bits per heavy atom. The Balaban J connectivity index is 1.93. The highest BCUT2D eigenvalue weighted by Gasteiger charge is 2.08. The van der Waals surface area contributed by atoms with Crippen LogP contribution < -0.4 is 10.1 Å². The van der Waals surface area contributed by atoms with E-state index in [-0.39, 0.29) is 12.5 Å². The highest BCUT2D eigenvalue weighted by Crippen LogP contribution is 2.17. The van der Waals surface area contributed by atoms with Gasteiger partial charge in [-0.25, -0.2) is 4.79 Å². The first-order valence-electron chi connectivity index (χ1n) is 6.45. The van der Waals surface area contributed by atoms with Crippen LogP contribution in [0, 0.1) is 0 Å². The summed E-state index contributed by atoms with van der Waals surface area (Å²) in [6.07, 6.45) is 0. The lowest BCUT2D eigenvalue weighted by Gasteiger charge is -2.08. The van der Waals surface area contributed by atoms with Gasteiger partial charge in [-0.05, 0) is 36.4 Å². The first-order valence-corrected chi connectivity index (χ1v) is 6.83. The zero-order valence-electron chi connectivity index (χ0n) is 11.8. The Morgan fingerprint density at radius 2 is 1.91 bits per heavy atom. The summed E-state index contributed by atoms with van der Waals surface area (Å²) in [5, 5.41) is 3.17. The van der Waals surface area contributed by atoms with Crippen molar-refractivity contribution in [3.63, 3.8) is 0 Å². The average molecular weight is 320 g/mol. The number of halogens is 1. The maximum atomic E-state index is 11.8. The van der Waals surface area contributed by atoms with Crippen LogP contribution >= 0.6 is 11.6 Å². The number of amides is 1. The van der Waals surface area contributed by atoms with E-state index >= 15 is 0 Å². The Morgan fingerprint density at radius 3 is 2.64 bits per heavy atom. The number of hydrogen-bond donors (Lipinski definition) is 1. The molecule has 1 amide bonds. The largest absolute Gasteiger partial charge is 0.484 e. The number of anilines is 1. The van der Waals surface area contributed by atoms with E-state index in [1.165, 1.54) is 13.2 Å². The molecule has 0 aliphatic heterocycles. The number of rotatable bonds is 5. The second kappa shape index (κ2) is 7.47. The van der Waals surface area contributed by atoms with Gasteiger partial charge in [0, 0.05) is 10.7 Å². The topological polar surface area (TPSA) is 64.6 Å². The first-order chi connectivity index (χ1) is 10.6. The number of nitrogens with one attached hydrogen (secondary N) is 1. The van der Waals surface area contributed by atoms with Crippen molar-refractivity contribution in [1.29, 1.82) is 0 Å². The third kappa shape index (κ3) is 4.49. The average Bonchev–Trinajstić information content (AvgIpc) is 2.52. The highest BCUT2D eigenvalue weighted by molar-refractivity contribution is 6.30. The van der Waals surface area contributed by atoms with Gasteiger partial charge in [0.05, 0.1) is 12.7 Å². The monoisotopic (exact) mass is 319 g/mol. The predicted octanol–water partition coefficient (Wildman–Crippen LogP) is 3.14. The molecule has 114 valence electrons. The van der Waals surface area contributed by atoms with E-state index in [1.807, 2.05) is 0 Å². The van der Waals surface area contributed by atoms with Crippen molar-refractivity contribution >= 4 is 29.2 Å². The van der Waals surface area contributed by atoms with Crippen LogP contribution in [0.2, 0.25) is 5.02 Å². The second-order valence-corrected chi connectivity index (χ2v) is 4.80. The molecule has 1 N–H and O–H groups in total. The van der Waals surface area contributed by atoms with Crippen molar-refractivity contribution in [1.82, 2.24) is 0 Å². The lowest BCUT2D eigenvalue weighted by atomic mass is 10.2. The summed E-state index contributed by atoms with van der Waals surface area (Å²) in [7, 11) is 1.30. The fourth-order valence-corrected chi connectivity index (χ4v) is 1.92. The molecule has 0 aliphatic rings. The zero-order valence-corrected chi connectivity index (χ0v) is 12.6. The van der Waals surface area contributed by atoms with Crippen molar-refractivity contribution in [2.45, 2.75) is 0 Å². The fourth-order valence-electron chi connectivity index (χ4n) is 1.74. The summed E-state index contributed by atoms with van der Waals surface area (Å²) < 4.78 is 9.96. The van der Waals surface area contributed by atoms with Crippen molar-refractivity contribution in [3.05, 3.63) is 59.1 Å². The maximum absolute atomic E-state index is 11.8. The fraction of sp³-hybridized carbons (Fsp3) is 0.125. The summed E-state index contributed by atoms with van der Waals surface area (Å²) in [6.45, 7) is -0.164. The molecule has 0 saturated carbocycles. The molecule has 0 fully saturated rings. The summed E-state index contributed by atoms with van der Waals surface area (Å²) in [4.78, 5) is 23.3. The molecule has 0 aromatic heterocycles. The first kappa shape index (κ1) is 15.9. The predicted molar refractivity (Wildman–Crippen MR) is 83.4 cm³/mol. The van der Waals surface area contributed by atoms with Crippen LogP contribution in [0.4, 0.5) is 5.69 Å². The Kier molecular flexibility index (Phi) is 5.38. The number of methoxy groups -OCH3 is 1. The number of carbonyl (C=O) groups is 2. The molecule has 2 aromatic carbocycles. The van der Waals surface area contributed by atoms with Gasteiger partial charge in [0.15, 0.2) is 6.61 Å². The molecule has 0 spiro atoms. The lowest BCUT2D eigenvalue weighted by molar-refractivity contribution is -0.118. The molecule has 2 aromatic rings. The molecule has 0 bridgehead atoms. The van der Waals surface area contributed by atoms with Crippen LogP contribution in [-0.4, -0.2) is 25.6 Å². The molecule has 0 atom stereocenters. The molecule has 5 nitrogen and oxygen atoms in total. The van der Waals surface area contributed by atoms with Gasteiger partial charge in [-0.3, -0.25) is 4.79 Å².